The van der Waals surface area contributed by atoms with Gasteiger partial charge < -0.3 is 4.90 Å². The molecule has 0 aromatic carbocycles. The van der Waals surface area contributed by atoms with E-state index in [9.17, 15) is 8.78 Å². The summed E-state index contributed by atoms with van der Waals surface area (Å²) in [5, 5.41) is 0. The highest BCUT2D eigenvalue weighted by molar-refractivity contribution is 4.83. The smallest absolute Gasteiger partial charge is 0.253 e. The molecule has 1 rings (SSSR count). The minimum absolute atomic E-state index is 0.0396. The molecule has 0 aromatic heterocycles. The van der Waals surface area contributed by atoms with Gasteiger partial charge in [-0.1, -0.05) is 20.3 Å². The third-order valence-electron chi connectivity index (χ3n) is 2.84. The molecule has 3 heteroatoms. The average molecular weight is 191 g/mol. The van der Waals surface area contributed by atoms with Gasteiger partial charge >= 0.3 is 0 Å². The summed E-state index contributed by atoms with van der Waals surface area (Å²) in [7, 11) is 0. The molecule has 0 bridgehead atoms. The van der Waals surface area contributed by atoms with Crippen LogP contribution in [0.1, 0.15) is 33.1 Å². The molecule has 1 unspecified atom stereocenters. The summed E-state index contributed by atoms with van der Waals surface area (Å²) in [6.07, 6.45) is 2.30. The van der Waals surface area contributed by atoms with Crippen molar-refractivity contribution in [2.45, 2.75) is 39.0 Å². The Morgan fingerprint density at radius 1 is 1.46 bits per heavy atom. The first-order valence-corrected chi connectivity index (χ1v) is 5.16. The maximum Gasteiger partial charge on any atom is 0.253 e. The van der Waals surface area contributed by atoms with E-state index in [-0.39, 0.29) is 6.42 Å². The van der Waals surface area contributed by atoms with Crippen LogP contribution in [0, 0.1) is 5.92 Å². The molecule has 1 atom stereocenters. The Morgan fingerprint density at radius 3 is 2.69 bits per heavy atom. The summed E-state index contributed by atoms with van der Waals surface area (Å²) in [5.74, 6) is -2.90. The average Bonchev–Trinajstić information content (AvgIpc) is 2.07. The van der Waals surface area contributed by atoms with Crippen LogP contribution >= 0.6 is 0 Å². The van der Waals surface area contributed by atoms with Gasteiger partial charge in [-0.05, 0) is 13.0 Å². The van der Waals surface area contributed by atoms with E-state index < -0.39 is 11.8 Å². The van der Waals surface area contributed by atoms with Crippen LogP contribution < -0.4 is 0 Å². The molecule has 0 amide bonds. The molecule has 78 valence electrons. The number of piperidine rings is 1. The number of rotatable bonds is 3. The summed E-state index contributed by atoms with van der Waals surface area (Å²) >= 11 is 0. The van der Waals surface area contributed by atoms with E-state index in [1.54, 1.807) is 6.92 Å². The highest BCUT2D eigenvalue weighted by atomic mass is 19.3. The van der Waals surface area contributed by atoms with Crippen molar-refractivity contribution in [3.8, 4) is 0 Å². The van der Waals surface area contributed by atoms with E-state index in [0.29, 0.717) is 13.1 Å². The lowest BCUT2D eigenvalue weighted by Gasteiger charge is -2.36. The second-order valence-electron chi connectivity index (χ2n) is 4.07. The molecule has 1 nitrogen and oxygen atoms in total. The number of nitrogens with zero attached hydrogens (tertiary/aromatic N) is 1. The van der Waals surface area contributed by atoms with Crippen molar-refractivity contribution in [2.75, 3.05) is 19.6 Å². The first-order valence-electron chi connectivity index (χ1n) is 5.16. The largest absolute Gasteiger partial charge is 0.303 e. The van der Waals surface area contributed by atoms with Crippen LogP contribution in [0.2, 0.25) is 0 Å². The molecular weight excluding hydrogens is 172 g/mol. The molecule has 1 saturated heterocycles. The number of halogens is 2. The second kappa shape index (κ2) is 4.36. The van der Waals surface area contributed by atoms with Gasteiger partial charge in [0, 0.05) is 25.4 Å². The molecule has 0 spiro atoms. The summed E-state index contributed by atoms with van der Waals surface area (Å²) < 4.78 is 26.1. The number of hydrogen-bond acceptors (Lipinski definition) is 1. The van der Waals surface area contributed by atoms with Crippen molar-refractivity contribution in [3.05, 3.63) is 0 Å². The molecular formula is C10H19F2N. The normalized spacial score (nSPS) is 29.1. The summed E-state index contributed by atoms with van der Waals surface area (Å²) in [5.41, 5.74) is 0. The van der Waals surface area contributed by atoms with E-state index in [4.69, 9.17) is 0 Å². The van der Waals surface area contributed by atoms with Crippen LogP contribution in [0.5, 0.6) is 0 Å². The van der Waals surface area contributed by atoms with Crippen molar-refractivity contribution in [1.29, 1.82) is 0 Å². The third kappa shape index (κ3) is 2.90. The van der Waals surface area contributed by atoms with Crippen LogP contribution in [0.4, 0.5) is 8.78 Å². The van der Waals surface area contributed by atoms with Gasteiger partial charge in [0.2, 0.25) is 0 Å². The van der Waals surface area contributed by atoms with Crippen LogP contribution in [0.25, 0.3) is 0 Å². The molecule has 0 N–H and O–H groups in total. The number of unbranched alkanes of at least 4 members (excludes halogenated alkanes) is 1. The lowest BCUT2D eigenvalue weighted by Crippen LogP contribution is -2.46. The SMILES string of the molecule is CCCCN1CCC(F)(F)C(C)C1. The molecule has 0 aromatic rings. The highest BCUT2D eigenvalue weighted by Crippen LogP contribution is 2.32. The lowest BCUT2D eigenvalue weighted by molar-refractivity contribution is -0.0988. The van der Waals surface area contributed by atoms with Gasteiger partial charge in [0.05, 0.1) is 0 Å². The topological polar surface area (TPSA) is 3.24 Å². The quantitative estimate of drug-likeness (QED) is 0.663. The highest BCUT2D eigenvalue weighted by Gasteiger charge is 2.40. The zero-order valence-electron chi connectivity index (χ0n) is 8.52. The fraction of sp³-hybridized carbons (Fsp3) is 1.00. The predicted molar refractivity (Wildman–Crippen MR) is 50.1 cm³/mol. The van der Waals surface area contributed by atoms with Gasteiger partial charge in [-0.2, -0.15) is 0 Å². The molecule has 0 saturated carbocycles. The van der Waals surface area contributed by atoms with Gasteiger partial charge in [-0.25, -0.2) is 8.78 Å². The fourth-order valence-corrected chi connectivity index (χ4v) is 1.75. The Labute approximate surface area is 79.1 Å². The van der Waals surface area contributed by atoms with Gasteiger partial charge in [0.25, 0.3) is 5.92 Å². The predicted octanol–water partition coefficient (Wildman–Crippen LogP) is 2.76. The monoisotopic (exact) mass is 191 g/mol. The first-order chi connectivity index (χ1) is 6.06. The third-order valence-corrected chi connectivity index (χ3v) is 2.84. The zero-order chi connectivity index (χ0) is 9.90. The van der Waals surface area contributed by atoms with Gasteiger partial charge in [0.15, 0.2) is 0 Å². The molecule has 0 aliphatic carbocycles. The lowest BCUT2D eigenvalue weighted by atomic mass is 9.95. The molecule has 1 aliphatic heterocycles. The molecule has 1 heterocycles. The summed E-state index contributed by atoms with van der Waals surface area (Å²) in [4.78, 5) is 2.16. The molecule has 1 fully saturated rings. The first kappa shape index (κ1) is 10.9. The van der Waals surface area contributed by atoms with Crippen molar-refractivity contribution in [2.24, 2.45) is 5.92 Å². The minimum atomic E-state index is -2.43. The van der Waals surface area contributed by atoms with Crippen molar-refractivity contribution < 1.29 is 8.78 Å². The number of alkyl halides is 2. The molecule has 13 heavy (non-hydrogen) atoms. The van der Waals surface area contributed by atoms with E-state index in [0.717, 1.165) is 19.4 Å². The summed E-state index contributed by atoms with van der Waals surface area (Å²) in [6.45, 7) is 5.89. The summed E-state index contributed by atoms with van der Waals surface area (Å²) in [6, 6.07) is 0. The Kier molecular flexibility index (Phi) is 3.65. The Morgan fingerprint density at radius 2 is 2.15 bits per heavy atom. The van der Waals surface area contributed by atoms with E-state index in [1.165, 1.54) is 0 Å². The van der Waals surface area contributed by atoms with Crippen LogP contribution in [-0.2, 0) is 0 Å². The standard InChI is InChI=1S/C10H19F2N/c1-3-4-6-13-7-5-10(11,12)9(2)8-13/h9H,3-8H2,1-2H3. The Bertz CT molecular complexity index is 159. The van der Waals surface area contributed by atoms with Gasteiger partial charge in [-0.3, -0.25) is 0 Å². The zero-order valence-corrected chi connectivity index (χ0v) is 8.52. The van der Waals surface area contributed by atoms with Crippen molar-refractivity contribution >= 4 is 0 Å². The van der Waals surface area contributed by atoms with Gasteiger partial charge in [0.1, 0.15) is 0 Å². The maximum absolute atomic E-state index is 13.1. The van der Waals surface area contributed by atoms with Crippen LogP contribution in [0.15, 0.2) is 0 Å². The van der Waals surface area contributed by atoms with E-state index >= 15 is 0 Å². The van der Waals surface area contributed by atoms with Crippen molar-refractivity contribution in [1.82, 2.24) is 4.90 Å². The minimum Gasteiger partial charge on any atom is -0.303 e. The Hall–Kier alpha value is -0.180. The van der Waals surface area contributed by atoms with E-state index in [1.807, 2.05) is 0 Å². The number of hydrogen-bond donors (Lipinski definition) is 0. The Balaban J connectivity index is 2.33. The van der Waals surface area contributed by atoms with Gasteiger partial charge in [-0.15, -0.1) is 0 Å². The second-order valence-corrected chi connectivity index (χ2v) is 4.07. The van der Waals surface area contributed by atoms with Crippen LogP contribution in [0.3, 0.4) is 0 Å². The molecule has 1 aliphatic rings. The van der Waals surface area contributed by atoms with Crippen molar-refractivity contribution in [3.63, 3.8) is 0 Å². The van der Waals surface area contributed by atoms with Crippen LogP contribution in [-0.4, -0.2) is 30.5 Å². The number of likely N-dealkylation sites (tertiary alicyclic amines) is 1. The molecule has 0 radical (unpaired) electrons. The van der Waals surface area contributed by atoms with E-state index in [2.05, 4.69) is 11.8 Å². The maximum atomic E-state index is 13.1. The fourth-order valence-electron chi connectivity index (χ4n) is 1.75.